The van der Waals surface area contributed by atoms with Crippen LogP contribution in [-0.2, 0) is 13.6 Å². The standard InChI is InChI=1S/C22H22N4O/c1-15-4-6-16(7-5-15)13-26-21-11-17(8-9-18(21)12-24-26)19-10-20(23-2)22(27)25(3)14-19/h4-12,14,23H,13H2,1-3H3. The van der Waals surface area contributed by atoms with Crippen LogP contribution in [0.4, 0.5) is 5.69 Å². The molecule has 4 rings (SSSR count). The Kier molecular flexibility index (Phi) is 4.28. The Hall–Kier alpha value is -3.34. The molecule has 0 fully saturated rings. The first kappa shape index (κ1) is 17.1. The van der Waals surface area contributed by atoms with E-state index in [1.807, 2.05) is 23.1 Å². The van der Waals surface area contributed by atoms with Gasteiger partial charge >= 0.3 is 0 Å². The van der Waals surface area contributed by atoms with Gasteiger partial charge in [-0.3, -0.25) is 9.48 Å². The minimum absolute atomic E-state index is 0.0354. The Bertz CT molecular complexity index is 1170. The second kappa shape index (κ2) is 6.76. The number of rotatable bonds is 4. The maximum absolute atomic E-state index is 12.1. The first-order chi connectivity index (χ1) is 13.0. The van der Waals surface area contributed by atoms with Crippen LogP contribution < -0.4 is 10.9 Å². The minimum Gasteiger partial charge on any atom is -0.384 e. The third-order valence-electron chi connectivity index (χ3n) is 4.88. The minimum atomic E-state index is -0.0354. The van der Waals surface area contributed by atoms with Crippen LogP contribution in [-0.4, -0.2) is 21.4 Å². The van der Waals surface area contributed by atoms with Gasteiger partial charge in [0.25, 0.3) is 5.56 Å². The quantitative estimate of drug-likeness (QED) is 0.604. The van der Waals surface area contributed by atoms with Gasteiger partial charge in [-0.15, -0.1) is 0 Å². The number of hydrogen-bond acceptors (Lipinski definition) is 3. The van der Waals surface area contributed by atoms with Crippen LogP contribution in [0.1, 0.15) is 11.1 Å². The van der Waals surface area contributed by atoms with E-state index in [2.05, 4.69) is 59.8 Å². The van der Waals surface area contributed by atoms with Crippen LogP contribution in [0.5, 0.6) is 0 Å². The smallest absolute Gasteiger partial charge is 0.273 e. The Morgan fingerprint density at radius 1 is 1.04 bits per heavy atom. The van der Waals surface area contributed by atoms with E-state index in [1.54, 1.807) is 18.7 Å². The fourth-order valence-electron chi connectivity index (χ4n) is 3.29. The number of aryl methyl sites for hydroxylation is 2. The first-order valence-electron chi connectivity index (χ1n) is 8.95. The van der Waals surface area contributed by atoms with E-state index in [0.29, 0.717) is 5.69 Å². The highest BCUT2D eigenvalue weighted by Gasteiger charge is 2.09. The maximum Gasteiger partial charge on any atom is 0.273 e. The molecular weight excluding hydrogens is 336 g/mol. The fraction of sp³-hybridized carbons (Fsp3) is 0.182. The van der Waals surface area contributed by atoms with Crippen molar-refractivity contribution < 1.29 is 0 Å². The Morgan fingerprint density at radius 2 is 1.81 bits per heavy atom. The normalized spacial score (nSPS) is 11.1. The number of hydrogen-bond donors (Lipinski definition) is 1. The number of aromatic nitrogens is 3. The SMILES string of the molecule is CNc1cc(-c2ccc3cnn(Cc4ccc(C)cc4)c3c2)cn(C)c1=O. The molecule has 27 heavy (non-hydrogen) atoms. The summed E-state index contributed by atoms with van der Waals surface area (Å²) in [4.78, 5) is 12.1. The molecule has 1 N–H and O–H groups in total. The molecule has 5 nitrogen and oxygen atoms in total. The molecule has 0 amide bonds. The number of pyridine rings is 1. The molecule has 0 saturated heterocycles. The molecule has 2 aromatic carbocycles. The van der Waals surface area contributed by atoms with Gasteiger partial charge in [0.2, 0.25) is 0 Å². The van der Waals surface area contributed by atoms with Gasteiger partial charge in [-0.05, 0) is 30.2 Å². The van der Waals surface area contributed by atoms with Gasteiger partial charge in [0.1, 0.15) is 5.69 Å². The van der Waals surface area contributed by atoms with Crippen LogP contribution >= 0.6 is 0 Å². The lowest BCUT2D eigenvalue weighted by Gasteiger charge is -2.10. The van der Waals surface area contributed by atoms with Crippen LogP contribution in [0, 0.1) is 6.92 Å². The fourth-order valence-corrected chi connectivity index (χ4v) is 3.29. The second-order valence-electron chi connectivity index (χ2n) is 6.87. The highest BCUT2D eigenvalue weighted by atomic mass is 16.1. The molecule has 2 aromatic heterocycles. The van der Waals surface area contributed by atoms with Crippen molar-refractivity contribution in [3.8, 4) is 11.1 Å². The van der Waals surface area contributed by atoms with Crippen molar-refractivity contribution in [3.63, 3.8) is 0 Å². The summed E-state index contributed by atoms with van der Waals surface area (Å²) in [6.07, 6.45) is 3.76. The molecule has 0 bridgehead atoms. The molecule has 2 heterocycles. The largest absolute Gasteiger partial charge is 0.384 e. The van der Waals surface area contributed by atoms with Crippen molar-refractivity contribution in [2.75, 3.05) is 12.4 Å². The van der Waals surface area contributed by atoms with Gasteiger partial charge in [-0.1, -0.05) is 42.0 Å². The molecule has 0 spiro atoms. The second-order valence-corrected chi connectivity index (χ2v) is 6.87. The molecule has 136 valence electrons. The number of nitrogens with zero attached hydrogens (tertiary/aromatic N) is 3. The van der Waals surface area contributed by atoms with E-state index >= 15 is 0 Å². The molecule has 0 radical (unpaired) electrons. The average molecular weight is 358 g/mol. The first-order valence-corrected chi connectivity index (χ1v) is 8.95. The Labute approximate surface area is 157 Å². The lowest BCUT2D eigenvalue weighted by molar-refractivity contribution is 0.712. The summed E-state index contributed by atoms with van der Waals surface area (Å²) >= 11 is 0. The lowest BCUT2D eigenvalue weighted by Crippen LogP contribution is -2.19. The van der Waals surface area contributed by atoms with Gasteiger partial charge in [0.05, 0.1) is 18.3 Å². The highest BCUT2D eigenvalue weighted by molar-refractivity contribution is 5.84. The molecule has 5 heteroatoms. The van der Waals surface area contributed by atoms with Crippen molar-refractivity contribution in [2.24, 2.45) is 7.05 Å². The van der Waals surface area contributed by atoms with Crippen LogP contribution in [0.2, 0.25) is 0 Å². The molecule has 0 atom stereocenters. The van der Waals surface area contributed by atoms with E-state index in [4.69, 9.17) is 0 Å². The topological polar surface area (TPSA) is 51.9 Å². The number of anilines is 1. The van der Waals surface area contributed by atoms with Crippen molar-refractivity contribution in [1.29, 1.82) is 0 Å². The van der Waals surface area contributed by atoms with Crippen LogP contribution in [0.3, 0.4) is 0 Å². The van der Waals surface area contributed by atoms with E-state index in [-0.39, 0.29) is 5.56 Å². The predicted octanol–water partition coefficient (Wildman–Crippen LogP) is 3.80. The van der Waals surface area contributed by atoms with Gasteiger partial charge < -0.3 is 9.88 Å². The number of nitrogens with one attached hydrogen (secondary N) is 1. The molecule has 0 aliphatic rings. The molecular formula is C22H22N4O. The predicted molar refractivity (Wildman–Crippen MR) is 110 cm³/mol. The van der Waals surface area contributed by atoms with Gasteiger partial charge in [-0.2, -0.15) is 5.10 Å². The average Bonchev–Trinajstić information content (AvgIpc) is 3.07. The zero-order chi connectivity index (χ0) is 19.0. The summed E-state index contributed by atoms with van der Waals surface area (Å²) in [6.45, 7) is 2.81. The van der Waals surface area contributed by atoms with Crippen LogP contribution in [0.25, 0.3) is 22.0 Å². The number of fused-ring (bicyclic) bond motifs is 1. The molecule has 0 aliphatic carbocycles. The zero-order valence-corrected chi connectivity index (χ0v) is 15.7. The van der Waals surface area contributed by atoms with Crippen molar-refractivity contribution in [2.45, 2.75) is 13.5 Å². The van der Waals surface area contributed by atoms with E-state index in [9.17, 15) is 4.79 Å². The highest BCUT2D eigenvalue weighted by Crippen LogP contribution is 2.25. The Morgan fingerprint density at radius 3 is 2.56 bits per heavy atom. The summed E-state index contributed by atoms with van der Waals surface area (Å²) in [7, 11) is 3.53. The van der Waals surface area contributed by atoms with Crippen LogP contribution in [0.15, 0.2) is 65.7 Å². The molecule has 0 aliphatic heterocycles. The third kappa shape index (κ3) is 3.24. The lowest BCUT2D eigenvalue weighted by atomic mass is 10.1. The monoisotopic (exact) mass is 358 g/mol. The summed E-state index contributed by atoms with van der Waals surface area (Å²) in [5.74, 6) is 0. The van der Waals surface area contributed by atoms with Crippen molar-refractivity contribution >= 4 is 16.6 Å². The molecule has 4 aromatic rings. The summed E-state index contributed by atoms with van der Waals surface area (Å²) in [5, 5.41) is 8.64. The van der Waals surface area contributed by atoms with Gasteiger partial charge in [0.15, 0.2) is 0 Å². The van der Waals surface area contributed by atoms with E-state index < -0.39 is 0 Å². The van der Waals surface area contributed by atoms with E-state index in [0.717, 1.165) is 28.6 Å². The van der Waals surface area contributed by atoms with Crippen molar-refractivity contribution in [1.82, 2.24) is 14.3 Å². The maximum atomic E-state index is 12.1. The van der Waals surface area contributed by atoms with E-state index in [1.165, 1.54) is 11.1 Å². The molecule has 0 saturated carbocycles. The summed E-state index contributed by atoms with van der Waals surface area (Å²) < 4.78 is 3.62. The summed E-state index contributed by atoms with van der Waals surface area (Å²) in [5.41, 5.74) is 6.14. The summed E-state index contributed by atoms with van der Waals surface area (Å²) in [6, 6.07) is 16.7. The van der Waals surface area contributed by atoms with Crippen molar-refractivity contribution in [3.05, 3.63) is 82.4 Å². The third-order valence-corrected chi connectivity index (χ3v) is 4.88. The molecule has 0 unspecified atom stereocenters. The van der Waals surface area contributed by atoms with Gasteiger partial charge in [0, 0.05) is 31.2 Å². The van der Waals surface area contributed by atoms with Gasteiger partial charge in [-0.25, -0.2) is 0 Å². The number of benzene rings is 2. The Balaban J connectivity index is 1.77. The zero-order valence-electron chi connectivity index (χ0n) is 15.7.